The number of ether oxygens (including phenoxy) is 1. The van der Waals surface area contributed by atoms with E-state index < -0.39 is 0 Å². The number of hydrogen-bond acceptors (Lipinski definition) is 6. The number of carbonyl (C=O) groups is 1. The minimum atomic E-state index is -0.215. The average Bonchev–Trinajstić information content (AvgIpc) is 3.47. The molecule has 1 aliphatic heterocycles. The molecule has 1 aliphatic carbocycles. The molecule has 6 nitrogen and oxygen atoms in total. The van der Waals surface area contributed by atoms with Crippen LogP contribution in [0.5, 0.6) is 0 Å². The van der Waals surface area contributed by atoms with Gasteiger partial charge in [-0.15, -0.1) is 21.5 Å². The van der Waals surface area contributed by atoms with Gasteiger partial charge in [0.15, 0.2) is 11.0 Å². The molecule has 8 heteroatoms. The monoisotopic (exact) mass is 434 g/mol. The fourth-order valence-electron chi connectivity index (χ4n) is 4.16. The first kappa shape index (κ1) is 20.9. The Balaban J connectivity index is 1.47. The fraction of sp³-hybridized carbons (Fsp3) is 0.667. The number of aromatic nitrogens is 3. The Morgan fingerprint density at radius 3 is 2.93 bits per heavy atom. The van der Waals surface area contributed by atoms with Gasteiger partial charge in [0.05, 0.1) is 22.8 Å². The number of thioether (sulfide) groups is 1. The van der Waals surface area contributed by atoms with Gasteiger partial charge in [0.2, 0.25) is 5.91 Å². The lowest BCUT2D eigenvalue weighted by Gasteiger charge is -2.30. The number of carbonyl (C=O) groups excluding carboxylic acids is 1. The van der Waals surface area contributed by atoms with E-state index in [9.17, 15) is 4.79 Å². The molecule has 1 saturated carbocycles. The van der Waals surface area contributed by atoms with Crippen molar-refractivity contribution in [2.75, 3.05) is 6.61 Å². The lowest BCUT2D eigenvalue weighted by atomic mass is 9.86. The zero-order valence-electron chi connectivity index (χ0n) is 17.2. The second kappa shape index (κ2) is 9.62. The molecular weight excluding hydrogens is 404 g/mol. The van der Waals surface area contributed by atoms with Gasteiger partial charge in [-0.25, -0.2) is 0 Å². The molecule has 0 radical (unpaired) electrons. The van der Waals surface area contributed by atoms with E-state index >= 15 is 0 Å². The average molecular weight is 435 g/mol. The van der Waals surface area contributed by atoms with Crippen LogP contribution in [0.4, 0.5) is 0 Å². The van der Waals surface area contributed by atoms with Crippen LogP contribution in [0.25, 0.3) is 10.7 Å². The highest BCUT2D eigenvalue weighted by atomic mass is 32.2. The minimum Gasteiger partial charge on any atom is -0.376 e. The number of amides is 1. The molecular formula is C21H30N4O2S2. The first-order chi connectivity index (χ1) is 14.1. The number of nitrogens with zero attached hydrogens (tertiary/aromatic N) is 3. The third-order valence-corrected chi connectivity index (χ3v) is 7.91. The summed E-state index contributed by atoms with van der Waals surface area (Å²) in [5.41, 5.74) is 0. The lowest BCUT2D eigenvalue weighted by Crippen LogP contribution is -2.44. The number of thiophene rings is 1. The first-order valence-electron chi connectivity index (χ1n) is 10.7. The zero-order valence-corrected chi connectivity index (χ0v) is 18.8. The van der Waals surface area contributed by atoms with Gasteiger partial charge in [-0.3, -0.25) is 9.36 Å². The summed E-state index contributed by atoms with van der Waals surface area (Å²) in [5, 5.41) is 14.8. The van der Waals surface area contributed by atoms with Crippen LogP contribution in [-0.4, -0.2) is 44.7 Å². The third-order valence-electron chi connectivity index (χ3n) is 5.96. The highest BCUT2D eigenvalue weighted by Gasteiger charge is 2.28. The zero-order chi connectivity index (χ0) is 20.2. The van der Waals surface area contributed by atoms with Gasteiger partial charge in [0.25, 0.3) is 0 Å². The van der Waals surface area contributed by atoms with Crippen molar-refractivity contribution >= 4 is 29.0 Å². The summed E-state index contributed by atoms with van der Waals surface area (Å²) >= 11 is 3.15. The van der Waals surface area contributed by atoms with Crippen LogP contribution in [0.15, 0.2) is 22.7 Å². The van der Waals surface area contributed by atoms with E-state index in [0.29, 0.717) is 12.0 Å². The molecule has 1 saturated heterocycles. The largest absolute Gasteiger partial charge is 0.376 e. The van der Waals surface area contributed by atoms with E-state index in [1.165, 1.54) is 31.0 Å². The van der Waals surface area contributed by atoms with E-state index in [2.05, 4.69) is 38.5 Å². The van der Waals surface area contributed by atoms with Crippen molar-refractivity contribution in [2.24, 2.45) is 5.92 Å². The maximum Gasteiger partial charge on any atom is 0.233 e. The van der Waals surface area contributed by atoms with E-state index in [4.69, 9.17) is 4.74 Å². The summed E-state index contributed by atoms with van der Waals surface area (Å²) in [6.45, 7) is 5.76. The van der Waals surface area contributed by atoms with E-state index in [-0.39, 0.29) is 17.3 Å². The Morgan fingerprint density at radius 1 is 1.34 bits per heavy atom. The molecule has 0 bridgehead atoms. The molecule has 1 amide bonds. The van der Waals surface area contributed by atoms with E-state index in [1.54, 1.807) is 11.3 Å². The molecule has 4 atom stereocenters. The number of nitrogens with one attached hydrogen (secondary N) is 1. The fourth-order valence-corrected chi connectivity index (χ4v) is 5.75. The van der Waals surface area contributed by atoms with E-state index in [0.717, 1.165) is 48.3 Å². The van der Waals surface area contributed by atoms with Crippen LogP contribution in [-0.2, 0) is 16.1 Å². The summed E-state index contributed by atoms with van der Waals surface area (Å²) in [4.78, 5) is 13.9. The number of rotatable bonds is 7. The normalized spacial score (nSPS) is 25.8. The van der Waals surface area contributed by atoms with Crippen LogP contribution in [0.2, 0.25) is 0 Å². The molecule has 2 aromatic heterocycles. The molecule has 29 heavy (non-hydrogen) atoms. The summed E-state index contributed by atoms with van der Waals surface area (Å²) in [6.07, 6.45) is 7.11. The van der Waals surface area contributed by atoms with Crippen LogP contribution < -0.4 is 5.32 Å². The quantitative estimate of drug-likeness (QED) is 0.656. The second-order valence-electron chi connectivity index (χ2n) is 8.17. The maximum atomic E-state index is 12.8. The van der Waals surface area contributed by atoms with Crippen molar-refractivity contribution in [3.63, 3.8) is 0 Å². The topological polar surface area (TPSA) is 69.0 Å². The molecule has 2 fully saturated rings. The molecule has 2 aliphatic rings. The maximum absolute atomic E-state index is 12.8. The Bertz CT molecular complexity index is 802. The predicted molar refractivity (Wildman–Crippen MR) is 117 cm³/mol. The highest BCUT2D eigenvalue weighted by molar-refractivity contribution is 8.00. The van der Waals surface area contributed by atoms with Crippen LogP contribution in [0, 0.1) is 5.92 Å². The van der Waals surface area contributed by atoms with Crippen LogP contribution in [0.3, 0.4) is 0 Å². The first-order valence-corrected chi connectivity index (χ1v) is 12.4. The molecule has 3 heterocycles. The smallest absolute Gasteiger partial charge is 0.233 e. The molecule has 0 spiro atoms. The van der Waals surface area contributed by atoms with Crippen molar-refractivity contribution in [1.82, 2.24) is 20.1 Å². The molecule has 1 N–H and O–H groups in total. The SMILES string of the molecule is CC(Sc1nnc(-c2cccs2)n1CC1CCCO1)C(=O)NC1CCCCC1C. The van der Waals surface area contributed by atoms with Crippen molar-refractivity contribution < 1.29 is 9.53 Å². The minimum absolute atomic E-state index is 0.0955. The Labute approximate surface area is 180 Å². The summed E-state index contributed by atoms with van der Waals surface area (Å²) in [7, 11) is 0. The van der Waals surface area contributed by atoms with E-state index in [1.807, 2.05) is 13.0 Å². The van der Waals surface area contributed by atoms with Gasteiger partial charge in [0.1, 0.15) is 0 Å². The van der Waals surface area contributed by atoms with Gasteiger partial charge in [-0.1, -0.05) is 37.6 Å². The van der Waals surface area contributed by atoms with Gasteiger partial charge in [-0.05, 0) is 50.0 Å². The highest BCUT2D eigenvalue weighted by Crippen LogP contribution is 2.31. The summed E-state index contributed by atoms with van der Waals surface area (Å²) < 4.78 is 8.00. The summed E-state index contributed by atoms with van der Waals surface area (Å²) in [5.74, 6) is 1.52. The van der Waals surface area contributed by atoms with Crippen LogP contribution >= 0.6 is 23.1 Å². The van der Waals surface area contributed by atoms with Gasteiger partial charge in [0, 0.05) is 12.6 Å². The Hall–Kier alpha value is -1.38. The third kappa shape index (κ3) is 5.03. The van der Waals surface area contributed by atoms with Gasteiger partial charge < -0.3 is 10.1 Å². The Morgan fingerprint density at radius 2 is 2.21 bits per heavy atom. The molecule has 4 rings (SSSR count). The predicted octanol–water partition coefficient (Wildman–Crippen LogP) is 4.36. The van der Waals surface area contributed by atoms with Crippen molar-refractivity contribution in [3.8, 4) is 10.7 Å². The molecule has 4 unspecified atom stereocenters. The van der Waals surface area contributed by atoms with Crippen LogP contribution in [0.1, 0.15) is 52.4 Å². The van der Waals surface area contributed by atoms with Gasteiger partial charge >= 0.3 is 0 Å². The summed E-state index contributed by atoms with van der Waals surface area (Å²) in [6, 6.07) is 4.39. The second-order valence-corrected chi connectivity index (χ2v) is 10.4. The molecule has 158 valence electrons. The molecule has 2 aromatic rings. The van der Waals surface area contributed by atoms with Crippen molar-refractivity contribution in [2.45, 2.75) is 81.5 Å². The Kier molecular flexibility index (Phi) is 6.92. The van der Waals surface area contributed by atoms with Crippen molar-refractivity contribution in [3.05, 3.63) is 17.5 Å². The van der Waals surface area contributed by atoms with Gasteiger partial charge in [-0.2, -0.15) is 0 Å². The van der Waals surface area contributed by atoms with Crippen molar-refractivity contribution in [1.29, 1.82) is 0 Å². The standard InChI is InChI=1S/C21H30N4O2S2/c1-14-7-3-4-9-17(14)22-20(26)15(2)29-21-24-23-19(18-10-6-12-28-18)25(21)13-16-8-5-11-27-16/h6,10,12,14-17H,3-5,7-9,11,13H2,1-2H3,(H,22,26). The number of hydrogen-bond donors (Lipinski definition) is 1. The lowest BCUT2D eigenvalue weighted by molar-refractivity contribution is -0.121. The molecule has 0 aromatic carbocycles.